The summed E-state index contributed by atoms with van der Waals surface area (Å²) in [4.78, 5) is 18.1. The van der Waals surface area contributed by atoms with Crippen molar-refractivity contribution < 1.29 is 17.9 Å². The largest absolute Gasteiger partial charge is 0.495 e. The van der Waals surface area contributed by atoms with Crippen LogP contribution < -0.4 is 9.54 Å². The van der Waals surface area contributed by atoms with Crippen LogP contribution in [0, 0.1) is 5.92 Å². The Kier molecular flexibility index (Phi) is 7.02. The van der Waals surface area contributed by atoms with Crippen molar-refractivity contribution in [1.29, 1.82) is 0 Å². The van der Waals surface area contributed by atoms with Crippen molar-refractivity contribution in [1.82, 2.24) is 8.87 Å². The Morgan fingerprint density at radius 2 is 1.97 bits per heavy atom. The van der Waals surface area contributed by atoms with E-state index < -0.39 is 15.9 Å². The number of carbonyl (C=O) groups excluding carboxylic acids is 1. The molecule has 1 unspecified atom stereocenters. The third-order valence-electron chi connectivity index (χ3n) is 5.89. The zero-order valence-corrected chi connectivity index (χ0v) is 20.8. The molecule has 2 aromatic carbocycles. The number of amides is 1. The Balaban J connectivity index is 1.66. The van der Waals surface area contributed by atoms with Gasteiger partial charge in [0.15, 0.2) is 4.80 Å². The van der Waals surface area contributed by atoms with Crippen LogP contribution in [-0.2, 0) is 16.6 Å². The number of aromatic nitrogens is 1. The number of rotatable bonds is 6. The lowest BCUT2D eigenvalue weighted by Gasteiger charge is -2.30. The van der Waals surface area contributed by atoms with Gasteiger partial charge >= 0.3 is 0 Å². The summed E-state index contributed by atoms with van der Waals surface area (Å²) in [5.41, 5.74) is 1.28. The lowest BCUT2D eigenvalue weighted by Crippen LogP contribution is -2.39. The van der Waals surface area contributed by atoms with E-state index >= 15 is 0 Å². The molecule has 33 heavy (non-hydrogen) atoms. The van der Waals surface area contributed by atoms with Crippen molar-refractivity contribution in [2.45, 2.75) is 44.6 Å². The van der Waals surface area contributed by atoms with Crippen LogP contribution in [0.2, 0.25) is 0 Å². The normalized spacial score (nSPS) is 18.0. The Morgan fingerprint density at radius 1 is 1.21 bits per heavy atom. The number of ether oxygens (including phenoxy) is 1. The number of methoxy groups -OCH3 is 1. The molecule has 4 rings (SSSR count). The van der Waals surface area contributed by atoms with Gasteiger partial charge in [0.2, 0.25) is 10.0 Å². The molecule has 3 aromatic rings. The molecule has 1 fully saturated rings. The first-order valence-corrected chi connectivity index (χ1v) is 13.5. The van der Waals surface area contributed by atoms with Crippen LogP contribution in [0.15, 0.2) is 52.4 Å². The maximum absolute atomic E-state index is 13.0. The molecular formula is C24H29N3O4S2. The van der Waals surface area contributed by atoms with E-state index in [1.54, 1.807) is 23.5 Å². The van der Waals surface area contributed by atoms with Gasteiger partial charge in [-0.3, -0.25) is 4.79 Å². The van der Waals surface area contributed by atoms with E-state index in [2.05, 4.69) is 18.8 Å². The van der Waals surface area contributed by atoms with E-state index in [1.807, 2.05) is 22.8 Å². The highest BCUT2D eigenvalue weighted by Crippen LogP contribution is 2.28. The van der Waals surface area contributed by atoms with Crippen molar-refractivity contribution in [3.63, 3.8) is 0 Å². The summed E-state index contributed by atoms with van der Waals surface area (Å²) in [5, 5.41) is 0. The van der Waals surface area contributed by atoms with Crippen LogP contribution in [-0.4, -0.2) is 43.4 Å². The predicted molar refractivity (Wildman–Crippen MR) is 130 cm³/mol. The van der Waals surface area contributed by atoms with E-state index in [4.69, 9.17) is 4.74 Å². The molecule has 2 heterocycles. The average molecular weight is 488 g/mol. The minimum absolute atomic E-state index is 0.209. The minimum atomic E-state index is -3.56. The smallest absolute Gasteiger partial charge is 0.279 e. The first-order valence-electron chi connectivity index (χ1n) is 11.2. The van der Waals surface area contributed by atoms with Crippen LogP contribution in [0.3, 0.4) is 0 Å². The van der Waals surface area contributed by atoms with Crippen LogP contribution in [0.4, 0.5) is 0 Å². The van der Waals surface area contributed by atoms with Gasteiger partial charge < -0.3 is 9.30 Å². The van der Waals surface area contributed by atoms with Crippen LogP contribution >= 0.6 is 11.3 Å². The summed E-state index contributed by atoms with van der Waals surface area (Å²) in [6, 6.07) is 11.9. The van der Waals surface area contributed by atoms with Gasteiger partial charge in [0, 0.05) is 25.2 Å². The monoisotopic (exact) mass is 487 g/mol. The van der Waals surface area contributed by atoms with Gasteiger partial charge in [-0.15, -0.1) is 0 Å². The number of hydrogen-bond acceptors (Lipinski definition) is 5. The number of sulfonamides is 1. The average Bonchev–Trinajstić information content (AvgIpc) is 3.16. The number of hydrogen-bond donors (Lipinski definition) is 0. The van der Waals surface area contributed by atoms with Crippen LogP contribution in [0.5, 0.6) is 5.75 Å². The topological polar surface area (TPSA) is 81.0 Å². The van der Waals surface area contributed by atoms with E-state index in [-0.39, 0.29) is 4.90 Å². The Bertz CT molecular complexity index is 1320. The second-order valence-corrected chi connectivity index (χ2v) is 11.3. The highest BCUT2D eigenvalue weighted by atomic mass is 32.2. The molecule has 176 valence electrons. The first-order chi connectivity index (χ1) is 15.8. The SMILES string of the molecule is CCCn1c(=NC(=O)c2ccc(S(=O)(=O)N3CCCC(C)C3)cc2)sc2cccc(OC)c21. The molecule has 1 amide bonds. The number of piperidine rings is 1. The van der Waals surface area contributed by atoms with Crippen molar-refractivity contribution >= 4 is 37.5 Å². The molecule has 1 atom stereocenters. The van der Waals surface area contributed by atoms with Gasteiger partial charge in [0.05, 0.1) is 16.7 Å². The molecule has 0 radical (unpaired) electrons. The summed E-state index contributed by atoms with van der Waals surface area (Å²) in [5.74, 6) is 0.691. The second-order valence-electron chi connectivity index (χ2n) is 8.40. The van der Waals surface area contributed by atoms with Crippen molar-refractivity contribution in [3.8, 4) is 5.75 Å². The molecule has 0 aliphatic carbocycles. The van der Waals surface area contributed by atoms with E-state index in [9.17, 15) is 13.2 Å². The van der Waals surface area contributed by atoms with Gasteiger partial charge in [0.25, 0.3) is 5.91 Å². The molecule has 1 aromatic heterocycles. The second kappa shape index (κ2) is 9.79. The third-order valence-corrected chi connectivity index (χ3v) is 8.81. The van der Waals surface area contributed by atoms with Crippen LogP contribution in [0.25, 0.3) is 10.2 Å². The maximum atomic E-state index is 13.0. The zero-order chi connectivity index (χ0) is 23.6. The highest BCUT2D eigenvalue weighted by molar-refractivity contribution is 7.89. The fourth-order valence-corrected chi connectivity index (χ4v) is 6.88. The molecule has 9 heteroatoms. The number of fused-ring (bicyclic) bond motifs is 1. The zero-order valence-electron chi connectivity index (χ0n) is 19.2. The number of aryl methyl sites for hydroxylation is 1. The summed E-state index contributed by atoms with van der Waals surface area (Å²) < 4.78 is 36.0. The lowest BCUT2D eigenvalue weighted by atomic mass is 10.0. The Morgan fingerprint density at radius 3 is 2.64 bits per heavy atom. The summed E-state index contributed by atoms with van der Waals surface area (Å²) in [6.07, 6.45) is 2.79. The standard InChI is InChI=1S/C24H29N3O4S2/c1-4-14-27-22-20(31-3)8-5-9-21(22)32-24(27)25-23(28)18-10-12-19(13-11-18)33(29,30)26-15-6-7-17(2)16-26/h5,8-13,17H,4,6-7,14-16H2,1-3H3. The summed E-state index contributed by atoms with van der Waals surface area (Å²) in [7, 11) is -1.93. The van der Waals surface area contributed by atoms with E-state index in [0.717, 1.165) is 35.2 Å². The van der Waals surface area contributed by atoms with Crippen molar-refractivity contribution in [3.05, 3.63) is 52.8 Å². The molecule has 0 N–H and O–H groups in total. The molecule has 1 aliphatic rings. The lowest BCUT2D eigenvalue weighted by molar-refractivity contribution is 0.0997. The van der Waals surface area contributed by atoms with E-state index in [0.29, 0.717) is 35.9 Å². The van der Waals surface area contributed by atoms with Gasteiger partial charge in [-0.05, 0) is 61.6 Å². The third kappa shape index (κ3) is 4.76. The summed E-state index contributed by atoms with van der Waals surface area (Å²) in [6.45, 7) is 5.91. The number of nitrogens with zero attached hydrogens (tertiary/aromatic N) is 3. The van der Waals surface area contributed by atoms with Gasteiger partial charge in [-0.2, -0.15) is 9.30 Å². The highest BCUT2D eigenvalue weighted by Gasteiger charge is 2.28. The van der Waals surface area contributed by atoms with Gasteiger partial charge in [-0.25, -0.2) is 8.42 Å². The molecule has 0 bridgehead atoms. The predicted octanol–water partition coefficient (Wildman–Crippen LogP) is 4.28. The van der Waals surface area contributed by atoms with Gasteiger partial charge in [0.1, 0.15) is 11.3 Å². The summed E-state index contributed by atoms with van der Waals surface area (Å²) >= 11 is 1.44. The molecule has 1 saturated heterocycles. The van der Waals surface area contributed by atoms with Crippen molar-refractivity contribution in [2.75, 3.05) is 20.2 Å². The molecule has 7 nitrogen and oxygen atoms in total. The number of para-hydroxylation sites is 1. The Hall–Kier alpha value is -2.49. The maximum Gasteiger partial charge on any atom is 0.279 e. The Labute approximate surface area is 198 Å². The first kappa shape index (κ1) is 23.7. The quantitative estimate of drug-likeness (QED) is 0.520. The number of benzene rings is 2. The fourth-order valence-electron chi connectivity index (χ4n) is 4.21. The molecule has 0 spiro atoms. The molecular weight excluding hydrogens is 458 g/mol. The molecule has 1 aliphatic heterocycles. The van der Waals surface area contributed by atoms with Crippen molar-refractivity contribution in [2.24, 2.45) is 10.9 Å². The number of carbonyl (C=O) groups is 1. The number of thiazole rings is 1. The van der Waals surface area contributed by atoms with E-state index in [1.165, 1.54) is 23.5 Å². The van der Waals surface area contributed by atoms with Gasteiger partial charge in [-0.1, -0.05) is 31.3 Å². The fraction of sp³-hybridized carbons (Fsp3) is 0.417. The minimum Gasteiger partial charge on any atom is -0.495 e. The molecule has 0 saturated carbocycles. The van der Waals surface area contributed by atoms with Crippen LogP contribution in [0.1, 0.15) is 43.5 Å².